The van der Waals surface area contributed by atoms with Crippen LogP contribution in [-0.4, -0.2) is 0 Å². The SMILES string of the molecule is Cc1cc(Oc2ccc(Br)cc2F)c(F)cc1N. The summed E-state index contributed by atoms with van der Waals surface area (Å²) < 4.78 is 32.9. The van der Waals surface area contributed by atoms with Gasteiger partial charge in [-0.25, -0.2) is 8.78 Å². The molecule has 0 fully saturated rings. The number of ether oxygens (including phenoxy) is 1. The molecule has 0 bridgehead atoms. The molecule has 2 N–H and O–H groups in total. The molecule has 0 aliphatic carbocycles. The third-order valence-electron chi connectivity index (χ3n) is 2.43. The van der Waals surface area contributed by atoms with Crippen LogP contribution in [0.15, 0.2) is 34.8 Å². The number of aryl methyl sites for hydroxylation is 1. The Labute approximate surface area is 112 Å². The summed E-state index contributed by atoms with van der Waals surface area (Å²) in [6, 6.07) is 6.87. The first-order chi connectivity index (χ1) is 8.47. The molecule has 0 heterocycles. The van der Waals surface area contributed by atoms with Gasteiger partial charge < -0.3 is 10.5 Å². The Morgan fingerprint density at radius 1 is 1.06 bits per heavy atom. The van der Waals surface area contributed by atoms with E-state index in [2.05, 4.69) is 15.9 Å². The van der Waals surface area contributed by atoms with Gasteiger partial charge in [0.2, 0.25) is 0 Å². The molecule has 2 rings (SSSR count). The highest BCUT2D eigenvalue weighted by molar-refractivity contribution is 9.10. The van der Waals surface area contributed by atoms with Crippen molar-refractivity contribution >= 4 is 21.6 Å². The smallest absolute Gasteiger partial charge is 0.167 e. The number of anilines is 1. The molecule has 5 heteroatoms. The number of hydrogen-bond donors (Lipinski definition) is 1. The van der Waals surface area contributed by atoms with Crippen molar-refractivity contribution in [3.05, 3.63) is 52.0 Å². The predicted octanol–water partition coefficient (Wildman–Crippen LogP) is 4.41. The lowest BCUT2D eigenvalue weighted by atomic mass is 10.2. The van der Waals surface area contributed by atoms with Gasteiger partial charge in [0.25, 0.3) is 0 Å². The van der Waals surface area contributed by atoms with Crippen LogP contribution in [0.2, 0.25) is 0 Å². The second kappa shape index (κ2) is 4.94. The topological polar surface area (TPSA) is 35.2 Å². The number of halogens is 3. The highest BCUT2D eigenvalue weighted by Crippen LogP contribution is 2.30. The molecule has 0 atom stereocenters. The van der Waals surface area contributed by atoms with Crippen LogP contribution in [0.1, 0.15) is 5.56 Å². The Hall–Kier alpha value is -1.62. The Morgan fingerprint density at radius 2 is 1.72 bits per heavy atom. The van der Waals surface area contributed by atoms with Crippen molar-refractivity contribution in [1.29, 1.82) is 0 Å². The van der Waals surface area contributed by atoms with E-state index in [9.17, 15) is 8.78 Å². The van der Waals surface area contributed by atoms with Gasteiger partial charge in [-0.15, -0.1) is 0 Å². The molecule has 18 heavy (non-hydrogen) atoms. The minimum absolute atomic E-state index is 0.0405. The third kappa shape index (κ3) is 2.61. The predicted molar refractivity (Wildman–Crippen MR) is 69.7 cm³/mol. The molecule has 2 nitrogen and oxygen atoms in total. The molecule has 2 aromatic rings. The maximum Gasteiger partial charge on any atom is 0.167 e. The Morgan fingerprint density at radius 3 is 2.39 bits per heavy atom. The summed E-state index contributed by atoms with van der Waals surface area (Å²) in [5.41, 5.74) is 6.56. The molecule has 0 radical (unpaired) electrons. The van der Waals surface area contributed by atoms with E-state index in [4.69, 9.17) is 10.5 Å². The van der Waals surface area contributed by atoms with Crippen molar-refractivity contribution in [3.8, 4) is 11.5 Å². The standard InChI is InChI=1S/C13H10BrF2NO/c1-7-4-13(10(16)6-11(7)17)18-12-3-2-8(14)5-9(12)15/h2-6H,17H2,1H3. The van der Waals surface area contributed by atoms with Crippen molar-refractivity contribution in [2.45, 2.75) is 6.92 Å². The van der Waals surface area contributed by atoms with Crippen LogP contribution in [0.4, 0.5) is 14.5 Å². The van der Waals surface area contributed by atoms with E-state index in [1.165, 1.54) is 18.2 Å². The zero-order valence-electron chi connectivity index (χ0n) is 9.51. The molecular weight excluding hydrogens is 304 g/mol. The molecule has 94 valence electrons. The Bertz CT molecular complexity index is 602. The first kappa shape index (κ1) is 12.8. The number of nitrogen functional groups attached to an aromatic ring is 1. The van der Waals surface area contributed by atoms with Gasteiger partial charge in [0.15, 0.2) is 23.1 Å². The Kier molecular flexibility index (Phi) is 3.52. The summed E-state index contributed by atoms with van der Waals surface area (Å²) in [5.74, 6) is -1.29. The average molecular weight is 314 g/mol. The lowest BCUT2D eigenvalue weighted by Gasteiger charge is -2.10. The summed E-state index contributed by atoms with van der Waals surface area (Å²) in [5, 5.41) is 0. The molecule has 0 aromatic heterocycles. The summed E-state index contributed by atoms with van der Waals surface area (Å²) in [4.78, 5) is 0. The fourth-order valence-corrected chi connectivity index (χ4v) is 1.76. The molecule has 2 aromatic carbocycles. The second-order valence-electron chi connectivity index (χ2n) is 3.82. The van der Waals surface area contributed by atoms with Crippen LogP contribution in [0.5, 0.6) is 11.5 Å². The number of nitrogens with two attached hydrogens (primary N) is 1. The van der Waals surface area contributed by atoms with Crippen molar-refractivity contribution in [1.82, 2.24) is 0 Å². The zero-order valence-corrected chi connectivity index (χ0v) is 11.1. The number of rotatable bonds is 2. The van der Waals surface area contributed by atoms with E-state index >= 15 is 0 Å². The van der Waals surface area contributed by atoms with Gasteiger partial charge in [-0.3, -0.25) is 0 Å². The maximum atomic E-state index is 13.6. The molecular formula is C13H10BrF2NO. The van der Waals surface area contributed by atoms with E-state index in [0.717, 1.165) is 6.07 Å². The van der Waals surface area contributed by atoms with Crippen LogP contribution in [-0.2, 0) is 0 Å². The molecule has 0 spiro atoms. The molecule has 0 saturated carbocycles. The lowest BCUT2D eigenvalue weighted by Crippen LogP contribution is -1.96. The quantitative estimate of drug-likeness (QED) is 0.833. The van der Waals surface area contributed by atoms with Gasteiger partial charge >= 0.3 is 0 Å². The zero-order chi connectivity index (χ0) is 13.3. The molecule has 0 saturated heterocycles. The van der Waals surface area contributed by atoms with Gasteiger partial charge in [-0.2, -0.15) is 0 Å². The summed E-state index contributed by atoms with van der Waals surface area (Å²) >= 11 is 3.13. The van der Waals surface area contributed by atoms with E-state index in [0.29, 0.717) is 15.7 Å². The van der Waals surface area contributed by atoms with E-state index in [1.807, 2.05) is 0 Å². The van der Waals surface area contributed by atoms with Gasteiger partial charge in [0.05, 0.1) is 0 Å². The second-order valence-corrected chi connectivity index (χ2v) is 4.73. The molecule has 0 aliphatic rings. The fraction of sp³-hybridized carbons (Fsp3) is 0.0769. The normalized spacial score (nSPS) is 10.4. The maximum absolute atomic E-state index is 13.6. The monoisotopic (exact) mass is 313 g/mol. The van der Waals surface area contributed by atoms with Crippen LogP contribution in [0.3, 0.4) is 0 Å². The van der Waals surface area contributed by atoms with Crippen molar-refractivity contribution in [2.75, 3.05) is 5.73 Å². The summed E-state index contributed by atoms with van der Waals surface area (Å²) in [6.07, 6.45) is 0. The number of hydrogen-bond acceptors (Lipinski definition) is 2. The minimum Gasteiger partial charge on any atom is -0.451 e. The van der Waals surface area contributed by atoms with Crippen molar-refractivity contribution in [2.24, 2.45) is 0 Å². The Balaban J connectivity index is 2.37. The molecule has 0 aliphatic heterocycles. The van der Waals surface area contributed by atoms with Gasteiger partial charge in [-0.1, -0.05) is 15.9 Å². The van der Waals surface area contributed by atoms with Crippen molar-refractivity contribution in [3.63, 3.8) is 0 Å². The van der Waals surface area contributed by atoms with Crippen LogP contribution < -0.4 is 10.5 Å². The minimum atomic E-state index is -0.625. The molecule has 0 amide bonds. The molecule has 0 unspecified atom stereocenters. The highest BCUT2D eigenvalue weighted by atomic mass is 79.9. The van der Waals surface area contributed by atoms with Gasteiger partial charge in [0, 0.05) is 16.2 Å². The highest BCUT2D eigenvalue weighted by Gasteiger charge is 2.11. The van der Waals surface area contributed by atoms with E-state index < -0.39 is 11.6 Å². The van der Waals surface area contributed by atoms with E-state index in [-0.39, 0.29) is 11.5 Å². The third-order valence-corrected chi connectivity index (χ3v) is 2.93. The van der Waals surface area contributed by atoms with Crippen molar-refractivity contribution < 1.29 is 13.5 Å². The van der Waals surface area contributed by atoms with Crippen LogP contribution in [0.25, 0.3) is 0 Å². The summed E-state index contributed by atoms with van der Waals surface area (Å²) in [6.45, 7) is 1.72. The van der Waals surface area contributed by atoms with E-state index in [1.54, 1.807) is 13.0 Å². The van der Waals surface area contributed by atoms with Crippen LogP contribution >= 0.6 is 15.9 Å². The number of benzene rings is 2. The van der Waals surface area contributed by atoms with Gasteiger partial charge in [0.1, 0.15) is 0 Å². The van der Waals surface area contributed by atoms with Gasteiger partial charge in [-0.05, 0) is 36.8 Å². The first-order valence-corrected chi connectivity index (χ1v) is 5.95. The largest absolute Gasteiger partial charge is 0.451 e. The average Bonchev–Trinajstić information content (AvgIpc) is 2.29. The summed E-state index contributed by atoms with van der Waals surface area (Å²) in [7, 11) is 0. The lowest BCUT2D eigenvalue weighted by molar-refractivity contribution is 0.414. The van der Waals surface area contributed by atoms with Crippen LogP contribution in [0, 0.1) is 18.6 Å². The fourth-order valence-electron chi connectivity index (χ4n) is 1.43. The first-order valence-electron chi connectivity index (χ1n) is 5.16.